The van der Waals surface area contributed by atoms with Crippen LogP contribution in [0.2, 0.25) is 0 Å². The number of benzene rings is 1. The molecule has 1 saturated carbocycles. The zero-order valence-electron chi connectivity index (χ0n) is 21.5. The molecule has 4 rings (SSSR count). The van der Waals surface area contributed by atoms with Crippen molar-refractivity contribution < 1.29 is 48.6 Å². The minimum Gasteiger partial charge on any atom is -0.406 e. The van der Waals surface area contributed by atoms with Crippen molar-refractivity contribution in [3.63, 3.8) is 0 Å². The molecule has 1 aromatic carbocycles. The summed E-state index contributed by atoms with van der Waals surface area (Å²) in [7, 11) is -4.49. The molecule has 2 fully saturated rings. The molecular weight excluding hydrogens is 587 g/mol. The van der Waals surface area contributed by atoms with E-state index in [1.165, 1.54) is 18.5 Å². The van der Waals surface area contributed by atoms with E-state index >= 15 is 4.39 Å². The second-order valence-corrected chi connectivity index (χ2v) is 11.6. The first-order valence-corrected chi connectivity index (χ1v) is 14.4. The van der Waals surface area contributed by atoms with Gasteiger partial charge >= 0.3 is 12.5 Å². The Hall–Kier alpha value is -2.92. The maximum atomic E-state index is 15.5. The summed E-state index contributed by atoms with van der Waals surface area (Å²) in [6.07, 6.45) is -6.80. The topological polar surface area (TPSA) is 106 Å². The molecule has 0 radical (unpaired) electrons. The Morgan fingerprint density at radius 3 is 2.34 bits per heavy atom. The second kappa shape index (κ2) is 12.5. The van der Waals surface area contributed by atoms with Gasteiger partial charge in [-0.05, 0) is 49.3 Å². The highest BCUT2D eigenvalue weighted by Gasteiger charge is 2.37. The number of hydrogen-bond donors (Lipinski definition) is 2. The molecule has 0 bridgehead atoms. The largest absolute Gasteiger partial charge is 0.573 e. The number of sulfonamides is 1. The SMILES string of the molecule is O=S(=O)(CC(F)(F)F)N[C@H]1CC[C@H](CNc2ncnc(N3CCOC[C@@H]3c3ccc(OC(F)(F)F)cc3)c2F)CC1. The number of aromatic nitrogens is 2. The van der Waals surface area contributed by atoms with Crippen LogP contribution in [0, 0.1) is 11.7 Å². The van der Waals surface area contributed by atoms with Crippen LogP contribution in [0.25, 0.3) is 0 Å². The average Bonchev–Trinajstić information content (AvgIpc) is 2.87. The third kappa shape index (κ3) is 9.03. The standard InChI is InChI=1S/C24H28F7N5O4S/c25-20-21(32-11-15-1-5-17(6-2-15)35-41(37,38)13-23(26,27)28)33-14-34-22(20)36-9-10-39-12-19(36)16-3-7-18(8-4-16)40-24(29,30)31/h3-4,7-8,14-15,17,19,35H,1-2,5-6,9-13H2,(H,32,33,34)/t15-,17-,19-/m1/s1. The van der Waals surface area contributed by atoms with Crippen molar-refractivity contribution in [2.45, 2.75) is 50.3 Å². The number of morpholine rings is 1. The Labute approximate surface area is 231 Å². The summed E-state index contributed by atoms with van der Waals surface area (Å²) in [6.45, 7) is 0.964. The van der Waals surface area contributed by atoms with Crippen molar-refractivity contribution in [1.82, 2.24) is 14.7 Å². The van der Waals surface area contributed by atoms with Gasteiger partial charge in [0.05, 0.1) is 19.3 Å². The molecule has 0 spiro atoms. The van der Waals surface area contributed by atoms with Gasteiger partial charge in [-0.3, -0.25) is 0 Å². The van der Waals surface area contributed by atoms with E-state index in [4.69, 9.17) is 4.74 Å². The van der Waals surface area contributed by atoms with Crippen molar-refractivity contribution in [2.24, 2.45) is 5.92 Å². The van der Waals surface area contributed by atoms with E-state index in [-0.39, 0.29) is 37.3 Å². The summed E-state index contributed by atoms with van der Waals surface area (Å²) in [4.78, 5) is 9.72. The summed E-state index contributed by atoms with van der Waals surface area (Å²) in [6, 6.07) is 4.05. The van der Waals surface area contributed by atoms with Crippen LogP contribution in [0.5, 0.6) is 5.75 Å². The van der Waals surface area contributed by atoms with E-state index in [0.717, 1.165) is 12.1 Å². The Kier molecular flexibility index (Phi) is 9.48. The minimum absolute atomic E-state index is 0.00440. The molecule has 1 aliphatic heterocycles. The average molecular weight is 616 g/mol. The molecule has 41 heavy (non-hydrogen) atoms. The van der Waals surface area contributed by atoms with E-state index < -0.39 is 52.0 Å². The van der Waals surface area contributed by atoms with Crippen molar-refractivity contribution in [3.05, 3.63) is 42.0 Å². The zero-order chi connectivity index (χ0) is 29.8. The maximum Gasteiger partial charge on any atom is 0.573 e. The fraction of sp³-hybridized carbons (Fsp3) is 0.583. The first kappa shape index (κ1) is 31.0. The number of hydrogen-bond acceptors (Lipinski definition) is 8. The Morgan fingerprint density at radius 1 is 1.02 bits per heavy atom. The van der Waals surface area contributed by atoms with Crippen LogP contribution in [0.4, 0.5) is 42.4 Å². The zero-order valence-corrected chi connectivity index (χ0v) is 22.3. The molecule has 1 saturated heterocycles. The van der Waals surface area contributed by atoms with E-state index in [2.05, 4.69) is 24.7 Å². The summed E-state index contributed by atoms with van der Waals surface area (Å²) < 4.78 is 125. The highest BCUT2D eigenvalue weighted by molar-refractivity contribution is 7.89. The third-order valence-corrected chi connectivity index (χ3v) is 8.17. The molecule has 17 heteroatoms. The predicted octanol–water partition coefficient (Wildman–Crippen LogP) is 4.54. The van der Waals surface area contributed by atoms with Crippen LogP contribution in [0.3, 0.4) is 0 Å². The van der Waals surface area contributed by atoms with Crippen molar-refractivity contribution >= 4 is 21.7 Å². The number of rotatable bonds is 9. The molecule has 1 aliphatic carbocycles. The fourth-order valence-electron chi connectivity index (χ4n) is 4.95. The summed E-state index contributed by atoms with van der Waals surface area (Å²) in [5.74, 6) is -3.14. The minimum atomic E-state index is -4.83. The highest BCUT2D eigenvalue weighted by atomic mass is 32.2. The number of nitrogens with one attached hydrogen (secondary N) is 2. The number of alkyl halides is 6. The maximum absolute atomic E-state index is 15.5. The predicted molar refractivity (Wildman–Crippen MR) is 133 cm³/mol. The van der Waals surface area contributed by atoms with Gasteiger partial charge in [0, 0.05) is 19.1 Å². The van der Waals surface area contributed by atoms with Crippen molar-refractivity contribution in [2.75, 3.05) is 42.3 Å². The van der Waals surface area contributed by atoms with Gasteiger partial charge in [-0.1, -0.05) is 12.1 Å². The Morgan fingerprint density at radius 2 is 1.71 bits per heavy atom. The van der Waals surface area contributed by atoms with Gasteiger partial charge in [0.2, 0.25) is 15.8 Å². The smallest absolute Gasteiger partial charge is 0.406 e. The molecular formula is C24H28F7N5O4S. The molecule has 2 aliphatic rings. The Balaban J connectivity index is 1.36. The fourth-order valence-corrected chi connectivity index (χ4v) is 6.20. The quantitative estimate of drug-likeness (QED) is 0.397. The van der Waals surface area contributed by atoms with Crippen LogP contribution >= 0.6 is 0 Å². The number of ether oxygens (including phenoxy) is 2. The number of nitrogens with zero attached hydrogens (tertiary/aromatic N) is 3. The molecule has 1 aromatic heterocycles. The number of halogens is 7. The summed E-state index contributed by atoms with van der Waals surface area (Å²) >= 11 is 0. The molecule has 9 nitrogen and oxygen atoms in total. The van der Waals surface area contributed by atoms with Crippen LogP contribution in [0.1, 0.15) is 37.3 Å². The molecule has 2 aromatic rings. The van der Waals surface area contributed by atoms with Gasteiger partial charge < -0.3 is 19.7 Å². The van der Waals surface area contributed by atoms with E-state index in [9.17, 15) is 34.8 Å². The lowest BCUT2D eigenvalue weighted by atomic mass is 9.86. The van der Waals surface area contributed by atoms with E-state index in [0.29, 0.717) is 37.8 Å². The van der Waals surface area contributed by atoms with Crippen molar-refractivity contribution in [3.8, 4) is 5.75 Å². The monoisotopic (exact) mass is 615 g/mol. The molecule has 0 unspecified atom stereocenters. The van der Waals surface area contributed by atoms with Crippen LogP contribution in [-0.2, 0) is 14.8 Å². The van der Waals surface area contributed by atoms with Crippen molar-refractivity contribution in [1.29, 1.82) is 0 Å². The summed E-state index contributed by atoms with van der Waals surface area (Å²) in [5.41, 5.74) is 0.564. The number of anilines is 2. The lowest BCUT2D eigenvalue weighted by molar-refractivity contribution is -0.274. The van der Waals surface area contributed by atoms with E-state index in [1.807, 2.05) is 0 Å². The summed E-state index contributed by atoms with van der Waals surface area (Å²) in [5, 5.41) is 2.95. The van der Waals surface area contributed by atoms with Gasteiger partial charge in [-0.2, -0.15) is 17.6 Å². The second-order valence-electron chi connectivity index (χ2n) is 9.85. The van der Waals surface area contributed by atoms with Gasteiger partial charge in [0.1, 0.15) is 12.1 Å². The highest BCUT2D eigenvalue weighted by Crippen LogP contribution is 2.34. The normalized spacial score (nSPS) is 22.4. The molecule has 228 valence electrons. The van der Waals surface area contributed by atoms with Crippen LogP contribution in [-0.4, -0.2) is 69.0 Å². The first-order valence-electron chi connectivity index (χ1n) is 12.7. The van der Waals surface area contributed by atoms with Crippen LogP contribution < -0.4 is 19.7 Å². The molecule has 0 amide bonds. The van der Waals surface area contributed by atoms with Gasteiger partial charge in [0.15, 0.2) is 17.4 Å². The van der Waals surface area contributed by atoms with Crippen LogP contribution in [0.15, 0.2) is 30.6 Å². The first-order chi connectivity index (χ1) is 19.2. The van der Waals surface area contributed by atoms with Gasteiger partial charge in [0.25, 0.3) is 0 Å². The third-order valence-electron chi connectivity index (χ3n) is 6.77. The van der Waals surface area contributed by atoms with E-state index in [1.54, 1.807) is 4.90 Å². The van der Waals surface area contributed by atoms with Gasteiger partial charge in [-0.15, -0.1) is 13.2 Å². The lowest BCUT2D eigenvalue weighted by Gasteiger charge is -2.37. The lowest BCUT2D eigenvalue weighted by Crippen LogP contribution is -2.42. The molecule has 2 N–H and O–H groups in total. The van der Waals surface area contributed by atoms with Gasteiger partial charge in [-0.25, -0.2) is 23.1 Å². The Bertz CT molecular complexity index is 1270. The molecule has 2 heterocycles. The molecule has 1 atom stereocenters.